The molecule has 2 aromatic rings. The molecule has 0 bridgehead atoms. The van der Waals surface area contributed by atoms with Gasteiger partial charge in [0, 0.05) is 31.0 Å². The number of likely N-dealkylation sites (tertiary alicyclic amines) is 1. The standard InChI is InChI=1S/C17H23N5OS/c1-24-16-5-3-2-4-15(16)20-17(23)8-11-21-9-6-14(7-10-21)22-13-18-12-19-22/h2-5,12-14H,6-11H2,1H3,(H,20,23). The molecule has 128 valence electrons. The number of carbonyl (C=O) groups excluding carboxylic acids is 1. The lowest BCUT2D eigenvalue weighted by molar-refractivity contribution is -0.116. The number of nitrogens with one attached hydrogen (secondary N) is 1. The molecule has 6 nitrogen and oxygen atoms in total. The van der Waals surface area contributed by atoms with Gasteiger partial charge in [-0.3, -0.25) is 4.79 Å². The number of thioether (sulfide) groups is 1. The summed E-state index contributed by atoms with van der Waals surface area (Å²) in [5, 5.41) is 7.25. The van der Waals surface area contributed by atoms with Gasteiger partial charge in [-0.2, -0.15) is 5.10 Å². The summed E-state index contributed by atoms with van der Waals surface area (Å²) >= 11 is 1.64. The third kappa shape index (κ3) is 4.36. The summed E-state index contributed by atoms with van der Waals surface area (Å²) in [7, 11) is 0. The number of carbonyl (C=O) groups is 1. The van der Waals surface area contributed by atoms with Crippen molar-refractivity contribution < 1.29 is 4.79 Å². The fourth-order valence-electron chi connectivity index (χ4n) is 3.03. The summed E-state index contributed by atoms with van der Waals surface area (Å²) in [6.07, 6.45) is 8.03. The van der Waals surface area contributed by atoms with Gasteiger partial charge < -0.3 is 10.2 Å². The Morgan fingerprint density at radius 3 is 2.83 bits per heavy atom. The number of benzene rings is 1. The highest BCUT2D eigenvalue weighted by atomic mass is 32.2. The molecule has 1 aliphatic rings. The van der Waals surface area contributed by atoms with E-state index in [4.69, 9.17) is 0 Å². The molecule has 0 atom stereocenters. The molecule has 1 saturated heterocycles. The Kier molecular flexibility index (Phi) is 5.87. The van der Waals surface area contributed by atoms with Gasteiger partial charge in [-0.1, -0.05) is 12.1 Å². The first-order valence-corrected chi connectivity index (χ1v) is 9.48. The Labute approximate surface area is 146 Å². The molecule has 0 spiro atoms. The number of piperidine rings is 1. The zero-order chi connectivity index (χ0) is 16.8. The van der Waals surface area contributed by atoms with Crippen LogP contribution in [-0.4, -0.2) is 51.5 Å². The first-order chi connectivity index (χ1) is 11.8. The molecule has 1 aliphatic heterocycles. The quantitative estimate of drug-likeness (QED) is 0.816. The molecular weight excluding hydrogens is 322 g/mol. The molecular formula is C17H23N5OS. The van der Waals surface area contributed by atoms with Crippen LogP contribution in [0.1, 0.15) is 25.3 Å². The number of hydrogen-bond acceptors (Lipinski definition) is 5. The van der Waals surface area contributed by atoms with E-state index in [1.807, 2.05) is 35.2 Å². The molecule has 1 N–H and O–H groups in total. The average molecular weight is 345 g/mol. The topological polar surface area (TPSA) is 63.1 Å². The molecule has 0 saturated carbocycles. The molecule has 1 aromatic carbocycles. The number of amides is 1. The van der Waals surface area contributed by atoms with Crippen molar-refractivity contribution in [1.29, 1.82) is 0 Å². The van der Waals surface area contributed by atoms with Gasteiger partial charge in [0.25, 0.3) is 0 Å². The average Bonchev–Trinajstić information content (AvgIpc) is 3.15. The van der Waals surface area contributed by atoms with Crippen molar-refractivity contribution in [2.24, 2.45) is 0 Å². The molecule has 0 radical (unpaired) electrons. The molecule has 0 aliphatic carbocycles. The van der Waals surface area contributed by atoms with E-state index in [0.29, 0.717) is 12.5 Å². The lowest BCUT2D eigenvalue weighted by Crippen LogP contribution is -2.36. The van der Waals surface area contributed by atoms with Gasteiger partial charge >= 0.3 is 0 Å². The van der Waals surface area contributed by atoms with Crippen molar-refractivity contribution in [1.82, 2.24) is 19.7 Å². The first-order valence-electron chi connectivity index (χ1n) is 8.25. The number of anilines is 1. The van der Waals surface area contributed by atoms with Crippen LogP contribution in [0, 0.1) is 0 Å². The SMILES string of the molecule is CSc1ccccc1NC(=O)CCN1CCC(n2cncn2)CC1. The van der Waals surface area contributed by atoms with E-state index in [-0.39, 0.29) is 5.91 Å². The first kappa shape index (κ1) is 17.0. The fourth-order valence-corrected chi connectivity index (χ4v) is 3.59. The molecule has 2 heterocycles. The maximum absolute atomic E-state index is 12.2. The van der Waals surface area contributed by atoms with Crippen molar-refractivity contribution in [3.8, 4) is 0 Å². The minimum atomic E-state index is 0.0786. The minimum absolute atomic E-state index is 0.0786. The summed E-state index contributed by atoms with van der Waals surface area (Å²) in [5.41, 5.74) is 0.903. The van der Waals surface area contributed by atoms with Crippen LogP contribution in [-0.2, 0) is 4.79 Å². The number of nitrogens with zero attached hydrogens (tertiary/aromatic N) is 4. The van der Waals surface area contributed by atoms with E-state index < -0.39 is 0 Å². The van der Waals surface area contributed by atoms with E-state index in [1.165, 1.54) is 0 Å². The van der Waals surface area contributed by atoms with Gasteiger partial charge in [0.15, 0.2) is 0 Å². The Hall–Kier alpha value is -1.86. The number of para-hydroxylation sites is 1. The lowest BCUT2D eigenvalue weighted by atomic mass is 10.1. The van der Waals surface area contributed by atoms with Crippen molar-refractivity contribution in [2.45, 2.75) is 30.2 Å². The summed E-state index contributed by atoms with van der Waals surface area (Å²) in [4.78, 5) is 19.7. The second-order valence-corrected chi connectivity index (χ2v) is 6.79. The van der Waals surface area contributed by atoms with Crippen LogP contribution in [0.25, 0.3) is 0 Å². The minimum Gasteiger partial charge on any atom is -0.325 e. The molecule has 0 unspecified atom stereocenters. The van der Waals surface area contributed by atoms with Crippen LogP contribution >= 0.6 is 11.8 Å². The second kappa shape index (κ2) is 8.30. The van der Waals surface area contributed by atoms with Crippen LogP contribution in [0.15, 0.2) is 41.8 Å². The van der Waals surface area contributed by atoms with Gasteiger partial charge in [0.05, 0.1) is 11.7 Å². The zero-order valence-corrected chi connectivity index (χ0v) is 14.7. The summed E-state index contributed by atoms with van der Waals surface area (Å²) in [5.74, 6) is 0.0786. The molecule has 1 fully saturated rings. The maximum Gasteiger partial charge on any atom is 0.225 e. The van der Waals surface area contributed by atoms with E-state index in [2.05, 4.69) is 20.3 Å². The Morgan fingerprint density at radius 2 is 2.12 bits per heavy atom. The molecule has 3 rings (SSSR count). The normalized spacial score (nSPS) is 16.2. The highest BCUT2D eigenvalue weighted by Crippen LogP contribution is 2.25. The summed E-state index contributed by atoms with van der Waals surface area (Å²) in [6.45, 7) is 2.80. The van der Waals surface area contributed by atoms with Gasteiger partial charge in [-0.15, -0.1) is 11.8 Å². The van der Waals surface area contributed by atoms with Crippen molar-refractivity contribution >= 4 is 23.4 Å². The predicted molar refractivity (Wildman–Crippen MR) is 96.2 cm³/mol. The van der Waals surface area contributed by atoms with Crippen LogP contribution < -0.4 is 5.32 Å². The third-order valence-electron chi connectivity index (χ3n) is 4.40. The summed E-state index contributed by atoms with van der Waals surface area (Å²) < 4.78 is 1.95. The van der Waals surface area contributed by atoms with Crippen LogP contribution in [0.5, 0.6) is 0 Å². The summed E-state index contributed by atoms with van der Waals surface area (Å²) in [6, 6.07) is 8.35. The Balaban J connectivity index is 1.42. The van der Waals surface area contributed by atoms with Gasteiger partial charge in [0.1, 0.15) is 12.7 Å². The second-order valence-electron chi connectivity index (χ2n) is 5.95. The van der Waals surface area contributed by atoms with Crippen LogP contribution in [0.3, 0.4) is 0 Å². The number of aromatic nitrogens is 3. The van der Waals surface area contributed by atoms with E-state index >= 15 is 0 Å². The highest BCUT2D eigenvalue weighted by Gasteiger charge is 2.21. The van der Waals surface area contributed by atoms with Crippen molar-refractivity contribution in [2.75, 3.05) is 31.2 Å². The number of hydrogen-bond donors (Lipinski definition) is 1. The Morgan fingerprint density at radius 1 is 1.33 bits per heavy atom. The van der Waals surface area contributed by atoms with Crippen molar-refractivity contribution in [3.63, 3.8) is 0 Å². The van der Waals surface area contributed by atoms with Gasteiger partial charge in [0.2, 0.25) is 5.91 Å². The molecule has 7 heteroatoms. The highest BCUT2D eigenvalue weighted by molar-refractivity contribution is 7.98. The maximum atomic E-state index is 12.2. The van der Waals surface area contributed by atoms with Gasteiger partial charge in [-0.25, -0.2) is 9.67 Å². The smallest absolute Gasteiger partial charge is 0.225 e. The zero-order valence-electron chi connectivity index (χ0n) is 13.9. The largest absolute Gasteiger partial charge is 0.325 e. The fraction of sp³-hybridized carbons (Fsp3) is 0.471. The van der Waals surface area contributed by atoms with E-state index in [1.54, 1.807) is 24.4 Å². The predicted octanol–water partition coefficient (Wildman–Crippen LogP) is 2.67. The monoisotopic (exact) mass is 345 g/mol. The molecule has 1 aromatic heterocycles. The number of rotatable bonds is 6. The van der Waals surface area contributed by atoms with E-state index in [9.17, 15) is 4.79 Å². The van der Waals surface area contributed by atoms with E-state index in [0.717, 1.165) is 43.1 Å². The van der Waals surface area contributed by atoms with Gasteiger partial charge in [-0.05, 0) is 31.2 Å². The van der Waals surface area contributed by atoms with Crippen molar-refractivity contribution in [3.05, 3.63) is 36.9 Å². The van der Waals surface area contributed by atoms with Crippen LogP contribution in [0.4, 0.5) is 5.69 Å². The van der Waals surface area contributed by atoms with Crippen LogP contribution in [0.2, 0.25) is 0 Å². The molecule has 1 amide bonds. The third-order valence-corrected chi connectivity index (χ3v) is 5.20. The lowest BCUT2D eigenvalue weighted by Gasteiger charge is -2.31. The molecule has 24 heavy (non-hydrogen) atoms. The Bertz CT molecular complexity index is 653.